The molecular formula is C14H21N3O4S2. The molecule has 128 valence electrons. The highest BCUT2D eigenvalue weighted by Gasteiger charge is 2.41. The van der Waals surface area contributed by atoms with Crippen LogP contribution in [-0.4, -0.2) is 34.8 Å². The molecular weight excluding hydrogens is 338 g/mol. The fourth-order valence-electron chi connectivity index (χ4n) is 3.11. The van der Waals surface area contributed by atoms with Gasteiger partial charge < -0.3 is 9.84 Å². The van der Waals surface area contributed by atoms with Crippen LogP contribution in [0.2, 0.25) is 0 Å². The molecule has 7 nitrogen and oxygen atoms in total. The molecule has 0 fully saturated rings. The predicted molar refractivity (Wildman–Crippen MR) is 87.9 cm³/mol. The number of aliphatic hydroxyl groups is 1. The fraction of sp³-hybridized carbons (Fsp3) is 0.643. The Hall–Kier alpha value is -1.00. The van der Waals surface area contributed by atoms with Crippen molar-refractivity contribution in [1.29, 1.82) is 0 Å². The van der Waals surface area contributed by atoms with Gasteiger partial charge in [0.25, 0.3) is 0 Å². The topological polar surface area (TPSA) is 92.9 Å². The molecule has 1 unspecified atom stereocenters. The number of imidazole rings is 1. The second-order valence-corrected chi connectivity index (χ2v) is 9.80. The van der Waals surface area contributed by atoms with Crippen LogP contribution in [0.25, 0.3) is 4.96 Å². The zero-order valence-corrected chi connectivity index (χ0v) is 15.4. The van der Waals surface area contributed by atoms with Crippen molar-refractivity contribution >= 4 is 26.3 Å². The Bertz CT molecular complexity index is 864. The maximum absolute atomic E-state index is 11.3. The first-order valence-corrected chi connectivity index (χ1v) is 9.95. The zero-order chi connectivity index (χ0) is 17.2. The first kappa shape index (κ1) is 16.8. The number of hydrogen-bond donors (Lipinski definition) is 2. The number of rotatable bonds is 3. The maximum atomic E-state index is 11.3. The van der Waals surface area contributed by atoms with Crippen molar-refractivity contribution in [3.63, 3.8) is 0 Å². The standard InChI is InChI=1S/C14H21N3O4S2/c1-13(2)6-9-10(14(3,4)21-13)22-12-15-8(7-17(9)12)11(18)16-23(5,19)20/h7,11,16,18H,6H2,1-5H3. The molecule has 0 radical (unpaired) electrons. The Morgan fingerprint density at radius 1 is 1.43 bits per heavy atom. The van der Waals surface area contributed by atoms with Gasteiger partial charge in [-0.15, -0.1) is 0 Å². The molecule has 0 bridgehead atoms. The smallest absolute Gasteiger partial charge is 0.211 e. The van der Waals surface area contributed by atoms with E-state index in [0.29, 0.717) is 4.96 Å². The zero-order valence-electron chi connectivity index (χ0n) is 13.7. The van der Waals surface area contributed by atoms with Crippen LogP contribution in [0.15, 0.2) is 6.20 Å². The molecule has 0 spiro atoms. The summed E-state index contributed by atoms with van der Waals surface area (Å²) in [5.41, 5.74) is 0.660. The average molecular weight is 359 g/mol. The van der Waals surface area contributed by atoms with Crippen LogP contribution in [0.3, 0.4) is 0 Å². The number of aromatic nitrogens is 2. The van der Waals surface area contributed by atoms with Gasteiger partial charge in [-0.25, -0.2) is 13.4 Å². The predicted octanol–water partition coefficient (Wildman–Crippen LogP) is 1.52. The van der Waals surface area contributed by atoms with E-state index in [9.17, 15) is 13.5 Å². The summed E-state index contributed by atoms with van der Waals surface area (Å²) in [7, 11) is -3.51. The van der Waals surface area contributed by atoms with Gasteiger partial charge in [0.2, 0.25) is 10.0 Å². The van der Waals surface area contributed by atoms with Crippen LogP contribution in [-0.2, 0) is 26.8 Å². The lowest BCUT2D eigenvalue weighted by Crippen LogP contribution is -2.42. The average Bonchev–Trinajstić information content (AvgIpc) is 2.84. The summed E-state index contributed by atoms with van der Waals surface area (Å²) in [5.74, 6) is 0. The van der Waals surface area contributed by atoms with Gasteiger partial charge in [-0.05, 0) is 27.7 Å². The highest BCUT2D eigenvalue weighted by Crippen LogP contribution is 2.44. The third kappa shape index (κ3) is 3.16. The van der Waals surface area contributed by atoms with E-state index in [1.165, 1.54) is 11.3 Å². The summed E-state index contributed by atoms with van der Waals surface area (Å²) in [6.45, 7) is 8.14. The van der Waals surface area contributed by atoms with E-state index in [2.05, 4.69) is 9.71 Å². The van der Waals surface area contributed by atoms with E-state index in [1.807, 2.05) is 32.1 Å². The minimum Gasteiger partial charge on any atom is -0.372 e. The van der Waals surface area contributed by atoms with E-state index in [1.54, 1.807) is 6.20 Å². The number of sulfonamides is 1. The van der Waals surface area contributed by atoms with Gasteiger partial charge in [0.15, 0.2) is 11.2 Å². The van der Waals surface area contributed by atoms with Crippen molar-refractivity contribution in [2.24, 2.45) is 0 Å². The molecule has 1 aliphatic rings. The fourth-order valence-corrected chi connectivity index (χ4v) is 4.81. The van der Waals surface area contributed by atoms with Gasteiger partial charge in [-0.1, -0.05) is 11.3 Å². The molecule has 0 aliphatic carbocycles. The Morgan fingerprint density at radius 2 is 2.09 bits per heavy atom. The summed E-state index contributed by atoms with van der Waals surface area (Å²) in [6, 6.07) is 0. The quantitative estimate of drug-likeness (QED) is 0.811. The monoisotopic (exact) mass is 359 g/mol. The van der Waals surface area contributed by atoms with Crippen LogP contribution in [0.5, 0.6) is 0 Å². The second kappa shape index (κ2) is 5.00. The summed E-state index contributed by atoms with van der Waals surface area (Å²) >= 11 is 1.50. The summed E-state index contributed by atoms with van der Waals surface area (Å²) in [5, 5.41) is 10.00. The molecule has 23 heavy (non-hydrogen) atoms. The lowest BCUT2D eigenvalue weighted by molar-refractivity contribution is -0.136. The van der Waals surface area contributed by atoms with Crippen LogP contribution < -0.4 is 4.72 Å². The molecule has 2 aromatic heterocycles. The molecule has 3 heterocycles. The molecule has 9 heteroatoms. The van der Waals surface area contributed by atoms with Crippen LogP contribution in [0.1, 0.15) is 50.2 Å². The Labute approximate surface area is 139 Å². The minimum absolute atomic E-state index is 0.284. The second-order valence-electron chi connectivity index (χ2n) is 7.04. The van der Waals surface area contributed by atoms with Gasteiger partial charge in [0, 0.05) is 18.3 Å². The Kier molecular flexibility index (Phi) is 3.66. The summed E-state index contributed by atoms with van der Waals surface area (Å²) in [4.78, 5) is 6.19. The van der Waals surface area contributed by atoms with E-state index in [4.69, 9.17) is 4.74 Å². The van der Waals surface area contributed by atoms with E-state index in [0.717, 1.165) is 23.2 Å². The van der Waals surface area contributed by atoms with Crippen LogP contribution in [0.4, 0.5) is 0 Å². The molecule has 1 aliphatic heterocycles. The Balaban J connectivity index is 2.06. The number of ether oxygens (including phenoxy) is 1. The molecule has 2 aromatic rings. The van der Waals surface area contributed by atoms with Gasteiger partial charge in [0.05, 0.1) is 22.3 Å². The molecule has 0 amide bonds. The summed E-state index contributed by atoms with van der Waals surface area (Å²) < 4.78 is 32.7. The molecule has 2 N–H and O–H groups in total. The first-order chi connectivity index (χ1) is 10.4. The maximum Gasteiger partial charge on any atom is 0.211 e. The normalized spacial score (nSPS) is 21.3. The lowest BCUT2D eigenvalue weighted by Gasteiger charge is -2.40. The van der Waals surface area contributed by atoms with Gasteiger partial charge in [-0.3, -0.25) is 4.40 Å². The van der Waals surface area contributed by atoms with Crippen molar-refractivity contribution in [3.8, 4) is 0 Å². The van der Waals surface area contributed by atoms with Crippen molar-refractivity contribution < 1.29 is 18.3 Å². The van der Waals surface area contributed by atoms with Gasteiger partial charge >= 0.3 is 0 Å². The van der Waals surface area contributed by atoms with E-state index >= 15 is 0 Å². The van der Waals surface area contributed by atoms with Crippen molar-refractivity contribution in [3.05, 3.63) is 22.5 Å². The summed E-state index contributed by atoms with van der Waals surface area (Å²) in [6.07, 6.45) is 2.05. The van der Waals surface area contributed by atoms with E-state index < -0.39 is 21.9 Å². The number of nitrogens with one attached hydrogen (secondary N) is 1. The highest BCUT2D eigenvalue weighted by atomic mass is 32.2. The number of hydrogen-bond acceptors (Lipinski definition) is 6. The highest BCUT2D eigenvalue weighted by molar-refractivity contribution is 7.88. The third-order valence-corrected chi connectivity index (χ3v) is 5.77. The van der Waals surface area contributed by atoms with Gasteiger partial charge in [-0.2, -0.15) is 4.72 Å². The van der Waals surface area contributed by atoms with Crippen molar-refractivity contribution in [2.75, 3.05) is 6.26 Å². The molecule has 3 rings (SSSR count). The number of aliphatic hydroxyl groups excluding tert-OH is 1. The minimum atomic E-state index is -3.51. The van der Waals surface area contributed by atoms with E-state index in [-0.39, 0.29) is 11.3 Å². The van der Waals surface area contributed by atoms with Crippen LogP contribution >= 0.6 is 11.3 Å². The Morgan fingerprint density at radius 3 is 2.70 bits per heavy atom. The molecule has 0 aromatic carbocycles. The van der Waals surface area contributed by atoms with Crippen LogP contribution in [0, 0.1) is 0 Å². The van der Waals surface area contributed by atoms with Gasteiger partial charge in [0.1, 0.15) is 5.69 Å². The first-order valence-electron chi connectivity index (χ1n) is 7.25. The molecule has 1 atom stereocenters. The lowest BCUT2D eigenvalue weighted by atomic mass is 9.91. The molecule has 0 saturated heterocycles. The number of nitrogens with zero attached hydrogens (tertiary/aromatic N) is 2. The van der Waals surface area contributed by atoms with Crippen molar-refractivity contribution in [2.45, 2.75) is 51.5 Å². The number of thiazole rings is 1. The third-order valence-electron chi connectivity index (χ3n) is 3.72. The van der Waals surface area contributed by atoms with Crippen molar-refractivity contribution in [1.82, 2.24) is 14.1 Å². The molecule has 0 saturated carbocycles. The largest absolute Gasteiger partial charge is 0.372 e. The number of fused-ring (bicyclic) bond motifs is 3. The SMILES string of the molecule is CC1(C)Cc2c(sc3nc(C(O)NS(C)(=O)=O)cn23)C(C)(C)O1.